The second kappa shape index (κ2) is 6.32. The van der Waals surface area contributed by atoms with E-state index < -0.39 is 0 Å². The van der Waals surface area contributed by atoms with E-state index in [0.717, 1.165) is 30.2 Å². The van der Waals surface area contributed by atoms with Gasteiger partial charge >= 0.3 is 0 Å². The van der Waals surface area contributed by atoms with Crippen LogP contribution in [0.4, 0.5) is 0 Å². The van der Waals surface area contributed by atoms with Crippen molar-refractivity contribution in [2.24, 2.45) is 0 Å². The third-order valence-electron chi connectivity index (χ3n) is 3.82. The Morgan fingerprint density at radius 2 is 2.24 bits per heavy atom. The molecule has 0 saturated carbocycles. The lowest BCUT2D eigenvalue weighted by atomic mass is 10.2. The van der Waals surface area contributed by atoms with Gasteiger partial charge in [0, 0.05) is 31.5 Å². The van der Waals surface area contributed by atoms with E-state index in [1.165, 1.54) is 11.3 Å². The Bertz CT molecular complexity index is 587. The average Bonchev–Trinajstić information content (AvgIpc) is 3.19. The van der Waals surface area contributed by atoms with Gasteiger partial charge in [0.05, 0.1) is 11.4 Å². The molecule has 3 rings (SSSR count). The van der Waals surface area contributed by atoms with Crippen LogP contribution in [0.5, 0.6) is 0 Å². The van der Waals surface area contributed by atoms with Gasteiger partial charge in [-0.2, -0.15) is 0 Å². The van der Waals surface area contributed by atoms with Crippen molar-refractivity contribution < 1.29 is 4.79 Å². The van der Waals surface area contributed by atoms with Gasteiger partial charge in [0.15, 0.2) is 0 Å². The highest BCUT2D eigenvalue weighted by Crippen LogP contribution is 2.20. The zero-order valence-electron chi connectivity index (χ0n) is 12.0. The molecule has 5 nitrogen and oxygen atoms in total. The summed E-state index contributed by atoms with van der Waals surface area (Å²) in [6, 6.07) is 6.00. The molecule has 0 spiro atoms. The maximum atomic E-state index is 12.3. The highest BCUT2D eigenvalue weighted by Gasteiger charge is 2.29. The molecular formula is C15H18N4OS. The van der Waals surface area contributed by atoms with E-state index >= 15 is 0 Å². The first-order chi connectivity index (χ1) is 10.2. The molecule has 0 aromatic carbocycles. The molecule has 0 N–H and O–H groups in total. The number of likely N-dealkylation sites (tertiary alicyclic amines) is 1. The second-order valence-corrected chi connectivity index (χ2v) is 6.20. The molecule has 1 atom stereocenters. The topological polar surface area (TPSA) is 49.3 Å². The fourth-order valence-corrected chi connectivity index (χ4v) is 3.30. The number of aromatic nitrogens is 2. The van der Waals surface area contributed by atoms with Crippen molar-refractivity contribution >= 4 is 17.2 Å². The Morgan fingerprint density at radius 3 is 2.95 bits per heavy atom. The summed E-state index contributed by atoms with van der Waals surface area (Å²) in [7, 11) is 2.07. The average molecular weight is 302 g/mol. The summed E-state index contributed by atoms with van der Waals surface area (Å²) in [5.41, 5.74) is 0. The molecule has 0 unspecified atom stereocenters. The molecule has 6 heteroatoms. The third kappa shape index (κ3) is 3.28. The van der Waals surface area contributed by atoms with Crippen LogP contribution in [-0.4, -0.2) is 51.9 Å². The zero-order chi connectivity index (χ0) is 14.7. The van der Waals surface area contributed by atoms with Gasteiger partial charge in [-0.05, 0) is 31.0 Å². The van der Waals surface area contributed by atoms with Crippen LogP contribution >= 0.6 is 11.3 Å². The van der Waals surface area contributed by atoms with Gasteiger partial charge in [-0.15, -0.1) is 11.3 Å². The van der Waals surface area contributed by atoms with Crippen LogP contribution in [0.3, 0.4) is 0 Å². The maximum absolute atomic E-state index is 12.3. The van der Waals surface area contributed by atoms with Gasteiger partial charge in [0.2, 0.25) is 0 Å². The van der Waals surface area contributed by atoms with Crippen LogP contribution in [-0.2, 0) is 6.54 Å². The number of carbonyl (C=O) groups excluding carboxylic acids is 1. The van der Waals surface area contributed by atoms with Gasteiger partial charge in [0.25, 0.3) is 5.91 Å². The standard InChI is InChI=1S/C15H18N4OS/c1-18(11-14-16-6-3-7-17-14)12-5-8-19(10-12)15(20)13-4-2-9-21-13/h2-4,6-7,9,12H,5,8,10-11H2,1H3/t12-/m1/s1. The molecule has 21 heavy (non-hydrogen) atoms. The highest BCUT2D eigenvalue weighted by molar-refractivity contribution is 7.12. The van der Waals surface area contributed by atoms with E-state index in [0.29, 0.717) is 12.6 Å². The van der Waals surface area contributed by atoms with Gasteiger partial charge in [-0.1, -0.05) is 6.07 Å². The molecule has 2 aromatic rings. The smallest absolute Gasteiger partial charge is 0.263 e. The van der Waals surface area contributed by atoms with Crippen molar-refractivity contribution in [1.29, 1.82) is 0 Å². The van der Waals surface area contributed by atoms with Crippen molar-refractivity contribution in [3.8, 4) is 0 Å². The number of hydrogen-bond acceptors (Lipinski definition) is 5. The van der Waals surface area contributed by atoms with E-state index in [1.807, 2.05) is 28.5 Å². The Morgan fingerprint density at radius 1 is 1.43 bits per heavy atom. The predicted octanol–water partition coefficient (Wildman–Crippen LogP) is 1.88. The van der Waals surface area contributed by atoms with E-state index in [-0.39, 0.29) is 5.91 Å². The number of thiophene rings is 1. The molecule has 1 aliphatic heterocycles. The van der Waals surface area contributed by atoms with Gasteiger partial charge in [0.1, 0.15) is 5.82 Å². The lowest BCUT2D eigenvalue weighted by molar-refractivity contribution is 0.0784. The molecule has 1 saturated heterocycles. The Hall–Kier alpha value is -1.79. The van der Waals surface area contributed by atoms with Crippen molar-refractivity contribution in [2.75, 3.05) is 20.1 Å². The molecule has 0 bridgehead atoms. The van der Waals surface area contributed by atoms with Gasteiger partial charge in [-0.3, -0.25) is 9.69 Å². The Labute approximate surface area is 128 Å². The van der Waals surface area contributed by atoms with Crippen LogP contribution in [0.25, 0.3) is 0 Å². The number of amides is 1. The molecule has 2 aromatic heterocycles. The van der Waals surface area contributed by atoms with E-state index in [2.05, 4.69) is 21.9 Å². The molecule has 1 amide bonds. The fraction of sp³-hybridized carbons (Fsp3) is 0.400. The summed E-state index contributed by atoms with van der Waals surface area (Å²) in [6.45, 7) is 2.31. The van der Waals surface area contributed by atoms with Crippen LogP contribution in [0.15, 0.2) is 36.0 Å². The van der Waals surface area contributed by atoms with E-state index in [4.69, 9.17) is 0 Å². The van der Waals surface area contributed by atoms with Crippen LogP contribution in [0.1, 0.15) is 21.9 Å². The first-order valence-electron chi connectivity index (χ1n) is 7.03. The normalized spacial score (nSPS) is 18.4. The summed E-state index contributed by atoms with van der Waals surface area (Å²) in [6.07, 6.45) is 4.52. The number of rotatable bonds is 4. The molecular weight excluding hydrogens is 284 g/mol. The first-order valence-corrected chi connectivity index (χ1v) is 7.91. The van der Waals surface area contributed by atoms with Crippen LogP contribution in [0, 0.1) is 0 Å². The van der Waals surface area contributed by atoms with Crippen LogP contribution in [0.2, 0.25) is 0 Å². The van der Waals surface area contributed by atoms with E-state index in [9.17, 15) is 4.79 Å². The van der Waals surface area contributed by atoms with E-state index in [1.54, 1.807) is 12.4 Å². The quantitative estimate of drug-likeness (QED) is 0.865. The van der Waals surface area contributed by atoms with Crippen molar-refractivity contribution in [2.45, 2.75) is 19.0 Å². The minimum Gasteiger partial charge on any atom is -0.336 e. The molecule has 3 heterocycles. The van der Waals surface area contributed by atoms with Crippen LogP contribution < -0.4 is 0 Å². The minimum atomic E-state index is 0.150. The summed E-state index contributed by atoms with van der Waals surface area (Å²) in [5, 5.41) is 1.94. The number of nitrogens with zero attached hydrogens (tertiary/aromatic N) is 4. The van der Waals surface area contributed by atoms with Crippen molar-refractivity contribution in [1.82, 2.24) is 19.8 Å². The van der Waals surface area contributed by atoms with Crippen molar-refractivity contribution in [3.05, 3.63) is 46.7 Å². The first kappa shape index (κ1) is 14.2. The Balaban J connectivity index is 1.58. The van der Waals surface area contributed by atoms with Gasteiger partial charge < -0.3 is 4.90 Å². The number of carbonyl (C=O) groups is 1. The summed E-state index contributed by atoms with van der Waals surface area (Å²) < 4.78 is 0. The minimum absolute atomic E-state index is 0.150. The van der Waals surface area contributed by atoms with Gasteiger partial charge in [-0.25, -0.2) is 9.97 Å². The third-order valence-corrected chi connectivity index (χ3v) is 4.67. The predicted molar refractivity (Wildman–Crippen MR) is 82.1 cm³/mol. The lowest BCUT2D eigenvalue weighted by Crippen LogP contribution is -2.36. The number of likely N-dealkylation sites (N-methyl/N-ethyl adjacent to an activating group) is 1. The lowest BCUT2D eigenvalue weighted by Gasteiger charge is -2.23. The number of hydrogen-bond donors (Lipinski definition) is 0. The summed E-state index contributed by atoms with van der Waals surface area (Å²) >= 11 is 1.51. The molecule has 110 valence electrons. The molecule has 0 aliphatic carbocycles. The zero-order valence-corrected chi connectivity index (χ0v) is 12.8. The SMILES string of the molecule is CN(Cc1ncccn1)[C@@H]1CCN(C(=O)c2cccs2)C1. The molecule has 0 radical (unpaired) electrons. The monoisotopic (exact) mass is 302 g/mol. The summed E-state index contributed by atoms with van der Waals surface area (Å²) in [5.74, 6) is 0.972. The largest absolute Gasteiger partial charge is 0.336 e. The maximum Gasteiger partial charge on any atom is 0.263 e. The highest BCUT2D eigenvalue weighted by atomic mass is 32.1. The summed E-state index contributed by atoms with van der Waals surface area (Å²) in [4.78, 5) is 25.8. The Kier molecular flexibility index (Phi) is 4.26. The second-order valence-electron chi connectivity index (χ2n) is 5.25. The van der Waals surface area contributed by atoms with Crippen molar-refractivity contribution in [3.63, 3.8) is 0 Å². The fourth-order valence-electron chi connectivity index (χ4n) is 2.61. The molecule has 1 aliphatic rings. The molecule has 1 fully saturated rings.